The van der Waals surface area contributed by atoms with E-state index in [9.17, 15) is 9.59 Å². The number of hydrogen-bond donors (Lipinski definition) is 1. The summed E-state index contributed by atoms with van der Waals surface area (Å²) in [6, 6.07) is -0.647. The Morgan fingerprint density at radius 3 is 2.43 bits per heavy atom. The molecule has 0 aromatic rings. The zero-order valence-electron chi connectivity index (χ0n) is 8.61. The molecule has 0 aromatic heterocycles. The van der Waals surface area contributed by atoms with E-state index in [1.54, 1.807) is 20.8 Å². The van der Waals surface area contributed by atoms with Gasteiger partial charge in [-0.05, 0) is 0 Å². The Hall–Kier alpha value is -0.710. The van der Waals surface area contributed by atoms with Gasteiger partial charge in [-0.25, -0.2) is 4.79 Å². The van der Waals surface area contributed by atoms with Crippen LogP contribution in [0, 0.1) is 5.41 Å². The molecular weight excluding hydrogens is 202 g/mol. The molecule has 5 heteroatoms. The quantitative estimate of drug-likeness (QED) is 0.712. The van der Waals surface area contributed by atoms with Crippen LogP contribution < -0.4 is 0 Å². The molecule has 1 atom stereocenters. The zero-order valence-corrected chi connectivity index (χ0v) is 9.43. The van der Waals surface area contributed by atoms with Crippen LogP contribution in [-0.2, 0) is 9.59 Å². The third kappa shape index (κ3) is 2.20. The SMILES string of the molecule is CC(C)(C)C(=O)N1CSC[C@@H]1C(=O)O. The molecule has 1 saturated heterocycles. The van der Waals surface area contributed by atoms with Crippen molar-refractivity contribution in [2.75, 3.05) is 11.6 Å². The average molecular weight is 217 g/mol. The number of carbonyl (C=O) groups excluding carboxylic acids is 1. The van der Waals surface area contributed by atoms with Crippen LogP contribution >= 0.6 is 11.8 Å². The molecule has 1 amide bonds. The maximum atomic E-state index is 11.8. The maximum absolute atomic E-state index is 11.8. The van der Waals surface area contributed by atoms with E-state index in [4.69, 9.17) is 5.11 Å². The van der Waals surface area contributed by atoms with E-state index < -0.39 is 17.4 Å². The summed E-state index contributed by atoms with van der Waals surface area (Å²) in [6.45, 7) is 5.41. The fourth-order valence-corrected chi connectivity index (χ4v) is 2.42. The highest BCUT2D eigenvalue weighted by Gasteiger charge is 2.38. The molecule has 80 valence electrons. The summed E-state index contributed by atoms with van der Waals surface area (Å²) < 4.78 is 0. The van der Waals surface area contributed by atoms with Crippen LogP contribution in [0.15, 0.2) is 0 Å². The first-order valence-electron chi connectivity index (χ1n) is 4.45. The minimum Gasteiger partial charge on any atom is -0.480 e. The summed E-state index contributed by atoms with van der Waals surface area (Å²) in [5.41, 5.74) is -0.501. The fraction of sp³-hybridized carbons (Fsp3) is 0.778. The average Bonchev–Trinajstić information content (AvgIpc) is 2.48. The van der Waals surface area contributed by atoms with Gasteiger partial charge in [0.1, 0.15) is 6.04 Å². The minimum absolute atomic E-state index is 0.0881. The number of nitrogens with zero attached hydrogens (tertiary/aromatic N) is 1. The van der Waals surface area contributed by atoms with Crippen molar-refractivity contribution in [3.8, 4) is 0 Å². The third-order valence-electron chi connectivity index (χ3n) is 2.07. The van der Waals surface area contributed by atoms with Crippen LogP contribution in [0.5, 0.6) is 0 Å². The van der Waals surface area contributed by atoms with Crippen LogP contribution in [-0.4, -0.2) is 39.6 Å². The lowest BCUT2D eigenvalue weighted by atomic mass is 9.94. The standard InChI is InChI=1S/C9H15NO3S/c1-9(2,3)8(13)10-5-14-4-6(10)7(11)12/h6H,4-5H2,1-3H3,(H,11,12)/t6-/m1/s1. The van der Waals surface area contributed by atoms with Gasteiger partial charge >= 0.3 is 5.97 Å². The summed E-state index contributed by atoms with van der Waals surface area (Å²) in [7, 11) is 0. The predicted octanol–water partition coefficient (Wildman–Crippen LogP) is 1.02. The molecule has 0 aliphatic carbocycles. The van der Waals surface area contributed by atoms with Gasteiger partial charge < -0.3 is 10.0 Å². The highest BCUT2D eigenvalue weighted by atomic mass is 32.2. The molecular formula is C9H15NO3S. The van der Waals surface area contributed by atoms with Crippen molar-refractivity contribution in [2.45, 2.75) is 26.8 Å². The van der Waals surface area contributed by atoms with Crippen molar-refractivity contribution in [2.24, 2.45) is 5.41 Å². The Morgan fingerprint density at radius 1 is 1.43 bits per heavy atom. The number of carbonyl (C=O) groups is 2. The van der Waals surface area contributed by atoms with Crippen LogP contribution in [0.2, 0.25) is 0 Å². The van der Waals surface area contributed by atoms with Crippen molar-refractivity contribution in [1.82, 2.24) is 4.90 Å². The van der Waals surface area contributed by atoms with E-state index in [0.29, 0.717) is 11.6 Å². The second-order valence-electron chi connectivity index (χ2n) is 4.38. The summed E-state index contributed by atoms with van der Waals surface area (Å²) in [5, 5.41) is 8.89. The topological polar surface area (TPSA) is 57.6 Å². The predicted molar refractivity (Wildman–Crippen MR) is 55.0 cm³/mol. The van der Waals surface area contributed by atoms with Gasteiger partial charge in [-0.15, -0.1) is 11.8 Å². The van der Waals surface area contributed by atoms with Gasteiger partial charge in [-0.2, -0.15) is 0 Å². The molecule has 0 unspecified atom stereocenters. The van der Waals surface area contributed by atoms with Crippen LogP contribution in [0.3, 0.4) is 0 Å². The molecule has 0 aromatic carbocycles. The Kier molecular flexibility index (Phi) is 3.09. The van der Waals surface area contributed by atoms with Gasteiger partial charge in [0, 0.05) is 11.2 Å². The van der Waals surface area contributed by atoms with Crippen LogP contribution in [0.1, 0.15) is 20.8 Å². The molecule has 1 rings (SSSR count). The lowest BCUT2D eigenvalue weighted by Crippen LogP contribution is -2.46. The van der Waals surface area contributed by atoms with Crippen LogP contribution in [0.4, 0.5) is 0 Å². The number of amides is 1. The van der Waals surface area contributed by atoms with E-state index in [1.807, 2.05) is 0 Å². The lowest BCUT2D eigenvalue weighted by molar-refractivity contribution is -0.151. The lowest BCUT2D eigenvalue weighted by Gasteiger charge is -2.28. The summed E-state index contributed by atoms with van der Waals surface area (Å²) in [5.74, 6) is -0.00738. The van der Waals surface area contributed by atoms with Crippen molar-refractivity contribution >= 4 is 23.6 Å². The van der Waals surface area contributed by atoms with E-state index in [2.05, 4.69) is 0 Å². The van der Waals surface area contributed by atoms with Gasteiger partial charge in [-0.3, -0.25) is 4.79 Å². The molecule has 1 N–H and O–H groups in total. The van der Waals surface area contributed by atoms with E-state index >= 15 is 0 Å². The van der Waals surface area contributed by atoms with Crippen molar-refractivity contribution in [3.63, 3.8) is 0 Å². The number of rotatable bonds is 1. The summed E-state index contributed by atoms with van der Waals surface area (Å²) in [6.07, 6.45) is 0. The summed E-state index contributed by atoms with van der Waals surface area (Å²) >= 11 is 1.49. The Labute approximate surface area is 87.7 Å². The number of hydrogen-bond acceptors (Lipinski definition) is 3. The van der Waals surface area contributed by atoms with E-state index in [-0.39, 0.29) is 5.91 Å². The highest BCUT2D eigenvalue weighted by Crippen LogP contribution is 2.27. The number of thioether (sulfide) groups is 1. The molecule has 0 bridgehead atoms. The third-order valence-corrected chi connectivity index (χ3v) is 3.08. The number of carboxylic acid groups (broad SMARTS) is 1. The Morgan fingerprint density at radius 2 is 2.00 bits per heavy atom. The number of carboxylic acids is 1. The van der Waals surface area contributed by atoms with Crippen molar-refractivity contribution < 1.29 is 14.7 Å². The molecule has 1 aliphatic heterocycles. The molecule has 0 saturated carbocycles. The normalized spacial score (nSPS) is 22.5. The largest absolute Gasteiger partial charge is 0.480 e. The molecule has 1 heterocycles. The molecule has 1 fully saturated rings. The first-order chi connectivity index (χ1) is 6.34. The van der Waals surface area contributed by atoms with Crippen molar-refractivity contribution in [1.29, 1.82) is 0 Å². The number of aliphatic carboxylic acids is 1. The molecule has 1 aliphatic rings. The Bertz CT molecular complexity index is 259. The monoisotopic (exact) mass is 217 g/mol. The second kappa shape index (κ2) is 3.81. The minimum atomic E-state index is -0.910. The smallest absolute Gasteiger partial charge is 0.327 e. The van der Waals surface area contributed by atoms with Gasteiger partial charge in [0.2, 0.25) is 5.91 Å². The van der Waals surface area contributed by atoms with Gasteiger partial charge in [0.25, 0.3) is 0 Å². The second-order valence-corrected chi connectivity index (χ2v) is 5.38. The van der Waals surface area contributed by atoms with Gasteiger partial charge in [0.05, 0.1) is 5.88 Å². The summed E-state index contributed by atoms with van der Waals surface area (Å²) in [4.78, 5) is 24.1. The molecule has 14 heavy (non-hydrogen) atoms. The first-order valence-corrected chi connectivity index (χ1v) is 5.61. The zero-order chi connectivity index (χ0) is 10.9. The van der Waals surface area contributed by atoms with Crippen LogP contribution in [0.25, 0.3) is 0 Å². The maximum Gasteiger partial charge on any atom is 0.327 e. The molecule has 0 radical (unpaired) electrons. The van der Waals surface area contributed by atoms with Gasteiger partial charge in [0.15, 0.2) is 0 Å². The van der Waals surface area contributed by atoms with E-state index in [0.717, 1.165) is 0 Å². The first kappa shape index (κ1) is 11.4. The Balaban J connectivity index is 2.77. The molecule has 4 nitrogen and oxygen atoms in total. The van der Waals surface area contributed by atoms with Crippen molar-refractivity contribution in [3.05, 3.63) is 0 Å². The fourth-order valence-electron chi connectivity index (χ4n) is 1.28. The van der Waals surface area contributed by atoms with E-state index in [1.165, 1.54) is 16.7 Å². The molecule has 0 spiro atoms. The van der Waals surface area contributed by atoms with Gasteiger partial charge in [-0.1, -0.05) is 20.8 Å². The highest BCUT2D eigenvalue weighted by molar-refractivity contribution is 7.99.